The molecule has 0 bridgehead atoms. The maximum atomic E-state index is 13.2. The number of carbonyl (C=O) groups excluding carboxylic acids is 1. The van der Waals surface area contributed by atoms with Gasteiger partial charge in [-0.2, -0.15) is 13.2 Å². The van der Waals surface area contributed by atoms with Gasteiger partial charge in [0.15, 0.2) is 5.75 Å². The van der Waals surface area contributed by atoms with Crippen molar-refractivity contribution < 1.29 is 27.6 Å². The number of non-ortho nitro benzene ring substituents is 1. The van der Waals surface area contributed by atoms with Crippen molar-refractivity contribution in [2.24, 2.45) is 0 Å². The molecule has 1 N–H and O–H groups in total. The summed E-state index contributed by atoms with van der Waals surface area (Å²) in [5.74, 6) is -0.787. The molecule has 11 heteroatoms. The number of ether oxygens (including phenoxy) is 1. The van der Waals surface area contributed by atoms with Crippen molar-refractivity contribution in [3.8, 4) is 11.5 Å². The Kier molecular flexibility index (Phi) is 6.37. The van der Waals surface area contributed by atoms with E-state index in [9.17, 15) is 28.1 Å². The summed E-state index contributed by atoms with van der Waals surface area (Å²) in [6.07, 6.45) is -4.66. The highest BCUT2D eigenvalue weighted by Gasteiger charge is 2.31. The first-order chi connectivity index (χ1) is 14.5. The highest BCUT2D eigenvalue weighted by Crippen LogP contribution is 2.39. The summed E-state index contributed by atoms with van der Waals surface area (Å²) >= 11 is 11.9. The molecule has 6 nitrogen and oxygen atoms in total. The Morgan fingerprint density at radius 3 is 2.19 bits per heavy atom. The van der Waals surface area contributed by atoms with Crippen LogP contribution in [0.3, 0.4) is 0 Å². The van der Waals surface area contributed by atoms with Crippen LogP contribution in [0.15, 0.2) is 60.7 Å². The molecular weight excluding hydrogens is 460 g/mol. The van der Waals surface area contributed by atoms with Crippen LogP contribution >= 0.6 is 23.2 Å². The van der Waals surface area contributed by atoms with Crippen LogP contribution in [0.2, 0.25) is 10.0 Å². The van der Waals surface area contributed by atoms with Gasteiger partial charge in [0.1, 0.15) is 5.75 Å². The van der Waals surface area contributed by atoms with E-state index in [2.05, 4.69) is 5.32 Å². The monoisotopic (exact) mass is 470 g/mol. The van der Waals surface area contributed by atoms with E-state index in [4.69, 9.17) is 27.9 Å². The molecule has 0 aliphatic carbocycles. The van der Waals surface area contributed by atoms with E-state index >= 15 is 0 Å². The number of hydrogen-bond acceptors (Lipinski definition) is 4. The van der Waals surface area contributed by atoms with E-state index in [-0.39, 0.29) is 33.5 Å². The van der Waals surface area contributed by atoms with E-state index in [1.54, 1.807) is 0 Å². The molecule has 3 aromatic rings. The number of halogens is 5. The van der Waals surface area contributed by atoms with Gasteiger partial charge in [0, 0.05) is 22.7 Å². The fourth-order valence-corrected chi connectivity index (χ4v) is 2.95. The van der Waals surface area contributed by atoms with Crippen LogP contribution in [0.25, 0.3) is 0 Å². The summed E-state index contributed by atoms with van der Waals surface area (Å²) in [7, 11) is 0. The molecule has 0 aliphatic rings. The van der Waals surface area contributed by atoms with Crippen molar-refractivity contribution in [3.63, 3.8) is 0 Å². The summed E-state index contributed by atoms with van der Waals surface area (Å²) < 4.78 is 45.1. The van der Waals surface area contributed by atoms with Crippen molar-refractivity contribution in [1.82, 2.24) is 0 Å². The maximum absolute atomic E-state index is 13.2. The molecule has 31 heavy (non-hydrogen) atoms. The Bertz CT molecular complexity index is 1150. The smallest absolute Gasteiger partial charge is 0.416 e. The van der Waals surface area contributed by atoms with Gasteiger partial charge >= 0.3 is 6.18 Å². The minimum Gasteiger partial charge on any atom is -0.454 e. The number of alkyl halides is 3. The van der Waals surface area contributed by atoms with E-state index in [1.807, 2.05) is 0 Å². The van der Waals surface area contributed by atoms with Crippen molar-refractivity contribution in [1.29, 1.82) is 0 Å². The van der Waals surface area contributed by atoms with E-state index in [0.717, 1.165) is 24.3 Å². The fourth-order valence-electron chi connectivity index (χ4n) is 2.50. The van der Waals surface area contributed by atoms with Crippen LogP contribution in [0.1, 0.15) is 15.9 Å². The molecule has 160 valence electrons. The van der Waals surface area contributed by atoms with Crippen LogP contribution in [-0.2, 0) is 6.18 Å². The zero-order valence-electron chi connectivity index (χ0n) is 15.2. The van der Waals surface area contributed by atoms with Gasteiger partial charge in [-0.25, -0.2) is 0 Å². The van der Waals surface area contributed by atoms with Crippen molar-refractivity contribution in [2.45, 2.75) is 6.18 Å². The standard InChI is InChI=1S/C20H11Cl2F3N2O4/c21-13-4-8-17(15(22)10-13)31-18-7-3-12(20(23,24)25)9-16(18)26-19(28)11-1-5-14(6-2-11)27(29)30/h1-10H,(H,26,28). The summed E-state index contributed by atoms with van der Waals surface area (Å²) in [4.78, 5) is 22.6. The summed E-state index contributed by atoms with van der Waals surface area (Å²) in [6.45, 7) is 0. The molecule has 0 atom stereocenters. The van der Waals surface area contributed by atoms with Crippen molar-refractivity contribution in [2.75, 3.05) is 5.32 Å². The molecule has 0 saturated carbocycles. The number of nitrogens with one attached hydrogen (secondary N) is 1. The lowest BCUT2D eigenvalue weighted by atomic mass is 10.1. The van der Waals surface area contributed by atoms with Gasteiger partial charge in [-0.3, -0.25) is 14.9 Å². The maximum Gasteiger partial charge on any atom is 0.416 e. The van der Waals surface area contributed by atoms with Gasteiger partial charge in [-0.15, -0.1) is 0 Å². The van der Waals surface area contributed by atoms with E-state index in [1.165, 1.54) is 30.3 Å². The quantitative estimate of drug-likeness (QED) is 0.322. The largest absolute Gasteiger partial charge is 0.454 e. The number of carbonyl (C=O) groups is 1. The van der Waals surface area contributed by atoms with Gasteiger partial charge in [-0.1, -0.05) is 23.2 Å². The molecule has 1 amide bonds. The first kappa shape index (κ1) is 22.4. The predicted octanol–water partition coefficient (Wildman–Crippen LogP) is 6.97. The number of amides is 1. The van der Waals surface area contributed by atoms with Gasteiger partial charge in [0.25, 0.3) is 11.6 Å². The second-order valence-corrected chi connectivity index (χ2v) is 6.99. The van der Waals surface area contributed by atoms with E-state index < -0.39 is 22.6 Å². The number of nitrogens with zero attached hydrogens (tertiary/aromatic N) is 1. The zero-order valence-corrected chi connectivity index (χ0v) is 16.8. The summed E-state index contributed by atoms with van der Waals surface area (Å²) in [5, 5.41) is 13.5. The molecule has 0 aromatic heterocycles. The molecule has 0 radical (unpaired) electrons. The number of anilines is 1. The van der Waals surface area contributed by atoms with Crippen LogP contribution in [0.4, 0.5) is 24.5 Å². The Hall–Kier alpha value is -3.30. The first-order valence-electron chi connectivity index (χ1n) is 8.44. The van der Waals surface area contributed by atoms with Gasteiger partial charge in [-0.05, 0) is 48.5 Å². The lowest BCUT2D eigenvalue weighted by Gasteiger charge is -2.16. The highest BCUT2D eigenvalue weighted by atomic mass is 35.5. The minimum absolute atomic E-state index is 0.00140. The number of benzene rings is 3. The van der Waals surface area contributed by atoms with Gasteiger partial charge < -0.3 is 10.1 Å². The molecule has 0 aliphatic heterocycles. The van der Waals surface area contributed by atoms with Gasteiger partial charge in [0.2, 0.25) is 0 Å². The van der Waals surface area contributed by atoms with Crippen molar-refractivity contribution >= 4 is 40.5 Å². The SMILES string of the molecule is O=C(Nc1cc(C(F)(F)F)ccc1Oc1ccc(Cl)cc1Cl)c1ccc([N+](=O)[O-])cc1. The molecule has 0 saturated heterocycles. The lowest BCUT2D eigenvalue weighted by Crippen LogP contribution is -2.14. The molecular formula is C20H11Cl2F3N2O4. The third-order valence-corrected chi connectivity index (χ3v) is 4.54. The number of rotatable bonds is 5. The molecule has 3 aromatic carbocycles. The van der Waals surface area contributed by atoms with Crippen LogP contribution < -0.4 is 10.1 Å². The van der Waals surface area contributed by atoms with Crippen LogP contribution in [-0.4, -0.2) is 10.8 Å². The lowest BCUT2D eigenvalue weighted by molar-refractivity contribution is -0.384. The summed E-state index contributed by atoms with van der Waals surface area (Å²) in [6, 6.07) is 11.4. The minimum atomic E-state index is -4.66. The predicted molar refractivity (Wildman–Crippen MR) is 109 cm³/mol. The van der Waals surface area contributed by atoms with Crippen molar-refractivity contribution in [3.05, 3.63) is 92.0 Å². The average Bonchev–Trinajstić information content (AvgIpc) is 2.70. The van der Waals surface area contributed by atoms with E-state index in [0.29, 0.717) is 11.1 Å². The van der Waals surface area contributed by atoms with Crippen LogP contribution in [0.5, 0.6) is 11.5 Å². The second kappa shape index (κ2) is 8.83. The highest BCUT2D eigenvalue weighted by molar-refractivity contribution is 6.35. The Morgan fingerprint density at radius 2 is 1.61 bits per heavy atom. The van der Waals surface area contributed by atoms with Gasteiger partial charge in [0.05, 0.1) is 21.2 Å². The second-order valence-electron chi connectivity index (χ2n) is 6.14. The van der Waals surface area contributed by atoms with Crippen LogP contribution in [0, 0.1) is 10.1 Å². The fraction of sp³-hybridized carbons (Fsp3) is 0.0500. The first-order valence-corrected chi connectivity index (χ1v) is 9.20. The Labute approximate surface area is 183 Å². The number of hydrogen-bond donors (Lipinski definition) is 1. The normalized spacial score (nSPS) is 11.1. The topological polar surface area (TPSA) is 81.5 Å². The zero-order chi connectivity index (χ0) is 22.8. The third kappa shape index (κ3) is 5.44. The number of nitro groups is 1. The molecule has 3 rings (SSSR count). The Balaban J connectivity index is 1.95. The molecule has 0 spiro atoms. The Morgan fingerprint density at radius 1 is 0.968 bits per heavy atom. The molecule has 0 heterocycles. The molecule has 0 fully saturated rings. The number of nitro benzene ring substituents is 1. The summed E-state index contributed by atoms with van der Waals surface area (Å²) in [5.41, 5.74) is -1.53. The third-order valence-electron chi connectivity index (χ3n) is 4.01. The average molecular weight is 471 g/mol. The molecule has 0 unspecified atom stereocenters.